The molecule has 3 aromatic rings. The van der Waals surface area contributed by atoms with Crippen molar-refractivity contribution in [1.29, 1.82) is 0 Å². The second-order valence-electron chi connectivity index (χ2n) is 7.71. The fraction of sp³-hybridized carbons (Fsp3) is 0.292. The van der Waals surface area contributed by atoms with E-state index in [0.29, 0.717) is 24.2 Å². The summed E-state index contributed by atoms with van der Waals surface area (Å²) in [6, 6.07) is 14.2. The third-order valence-corrected chi connectivity index (χ3v) is 6.45. The van der Waals surface area contributed by atoms with Gasteiger partial charge in [-0.15, -0.1) is 0 Å². The van der Waals surface area contributed by atoms with Crippen molar-refractivity contribution in [3.63, 3.8) is 0 Å². The molecule has 0 bridgehead atoms. The number of nitrogens with zero attached hydrogens (tertiary/aromatic N) is 1. The van der Waals surface area contributed by atoms with Crippen LogP contribution in [0.3, 0.4) is 0 Å². The van der Waals surface area contributed by atoms with Gasteiger partial charge in [-0.05, 0) is 62.1 Å². The van der Waals surface area contributed by atoms with E-state index >= 15 is 0 Å². The maximum Gasteiger partial charge on any atom is 0.257 e. The van der Waals surface area contributed by atoms with E-state index in [0.717, 1.165) is 35.1 Å². The van der Waals surface area contributed by atoms with Crippen molar-refractivity contribution in [3.8, 4) is 11.3 Å². The minimum Gasteiger partial charge on any atom is -0.396 e. The van der Waals surface area contributed by atoms with Gasteiger partial charge in [-0.25, -0.2) is 8.42 Å². The van der Waals surface area contributed by atoms with Crippen LogP contribution in [-0.2, 0) is 16.4 Å². The molecule has 164 valence electrons. The summed E-state index contributed by atoms with van der Waals surface area (Å²) < 4.78 is 25.4. The summed E-state index contributed by atoms with van der Waals surface area (Å²) in [5.41, 5.74) is 5.16. The van der Waals surface area contributed by atoms with Gasteiger partial charge in [0.25, 0.3) is 5.91 Å². The number of anilines is 1. The maximum absolute atomic E-state index is 13.0. The highest BCUT2D eigenvalue weighted by molar-refractivity contribution is 7.90. The predicted molar refractivity (Wildman–Crippen MR) is 123 cm³/mol. The number of carbonyl (C=O) groups is 1. The Kier molecular flexibility index (Phi) is 6.97. The zero-order chi connectivity index (χ0) is 22.6. The van der Waals surface area contributed by atoms with Crippen molar-refractivity contribution < 1.29 is 18.3 Å². The Morgan fingerprint density at radius 3 is 2.32 bits per heavy atom. The monoisotopic (exact) mass is 440 g/mol. The number of aliphatic hydroxyl groups is 1. The van der Waals surface area contributed by atoms with Crippen molar-refractivity contribution in [1.82, 2.24) is 4.57 Å². The second-order valence-corrected chi connectivity index (χ2v) is 9.72. The van der Waals surface area contributed by atoms with Gasteiger partial charge in [0.05, 0.1) is 16.2 Å². The lowest BCUT2D eigenvalue weighted by Gasteiger charge is -2.12. The van der Waals surface area contributed by atoms with Crippen LogP contribution in [0.5, 0.6) is 0 Å². The lowest BCUT2D eigenvalue weighted by atomic mass is 10.0. The van der Waals surface area contributed by atoms with Gasteiger partial charge in [0.2, 0.25) is 0 Å². The average molecular weight is 441 g/mol. The van der Waals surface area contributed by atoms with E-state index in [1.54, 1.807) is 12.1 Å². The largest absolute Gasteiger partial charge is 0.396 e. The number of nitrogens with one attached hydrogen (secondary N) is 1. The van der Waals surface area contributed by atoms with Gasteiger partial charge in [-0.1, -0.05) is 24.3 Å². The molecule has 0 aliphatic heterocycles. The molecule has 1 aromatic heterocycles. The molecule has 7 heteroatoms. The van der Waals surface area contributed by atoms with Crippen molar-refractivity contribution in [2.75, 3.05) is 18.2 Å². The summed E-state index contributed by atoms with van der Waals surface area (Å²) in [4.78, 5) is 13.3. The highest BCUT2D eigenvalue weighted by atomic mass is 32.2. The van der Waals surface area contributed by atoms with Crippen molar-refractivity contribution in [2.45, 2.75) is 38.1 Å². The first-order valence-electron chi connectivity index (χ1n) is 10.2. The molecule has 6 nitrogen and oxygen atoms in total. The number of unbranched alkanes of at least 4 members (excludes halogenated alkanes) is 1. The third-order valence-electron chi connectivity index (χ3n) is 5.32. The molecule has 0 spiro atoms. The van der Waals surface area contributed by atoms with Crippen molar-refractivity contribution >= 4 is 21.4 Å². The molecule has 0 radical (unpaired) electrons. The van der Waals surface area contributed by atoms with Gasteiger partial charge in [0.1, 0.15) is 0 Å². The van der Waals surface area contributed by atoms with Gasteiger partial charge < -0.3 is 15.0 Å². The van der Waals surface area contributed by atoms with Crippen LogP contribution in [0.25, 0.3) is 11.3 Å². The van der Waals surface area contributed by atoms with Crippen molar-refractivity contribution in [3.05, 3.63) is 71.4 Å². The van der Waals surface area contributed by atoms with Gasteiger partial charge in [0, 0.05) is 36.9 Å². The first-order chi connectivity index (χ1) is 14.7. The summed E-state index contributed by atoms with van der Waals surface area (Å²) in [6.45, 7) is 4.81. The molecule has 1 amide bonds. The topological polar surface area (TPSA) is 88.4 Å². The van der Waals surface area contributed by atoms with Gasteiger partial charge in [-0.2, -0.15) is 0 Å². The van der Waals surface area contributed by atoms with Crippen LogP contribution < -0.4 is 5.32 Å². The molecule has 0 aliphatic carbocycles. The van der Waals surface area contributed by atoms with Crippen LogP contribution >= 0.6 is 0 Å². The molecule has 0 fully saturated rings. The lowest BCUT2D eigenvalue weighted by Crippen LogP contribution is -2.12. The summed E-state index contributed by atoms with van der Waals surface area (Å²) in [6.07, 6.45) is 4.50. The van der Waals surface area contributed by atoms with Crippen LogP contribution in [0, 0.1) is 13.8 Å². The van der Waals surface area contributed by atoms with Crippen LogP contribution in [-0.4, -0.2) is 36.9 Å². The normalized spacial score (nSPS) is 11.5. The minimum atomic E-state index is -3.29. The second kappa shape index (κ2) is 9.49. The zero-order valence-electron chi connectivity index (χ0n) is 18.1. The number of aromatic nitrogens is 1. The number of hydrogen-bond acceptors (Lipinski definition) is 4. The molecule has 0 unspecified atom stereocenters. The number of aryl methyl sites for hydroxylation is 2. The first-order valence-corrected chi connectivity index (χ1v) is 12.1. The molecular formula is C24H28N2O4S. The summed E-state index contributed by atoms with van der Waals surface area (Å²) in [7, 11) is -3.29. The summed E-state index contributed by atoms with van der Waals surface area (Å²) in [5.74, 6) is -0.250. The number of hydrogen-bond donors (Lipinski definition) is 2. The summed E-state index contributed by atoms with van der Waals surface area (Å²) in [5, 5.41) is 12.0. The smallest absolute Gasteiger partial charge is 0.257 e. The number of rotatable bonds is 8. The quantitative estimate of drug-likeness (QED) is 0.514. The maximum atomic E-state index is 13.0. The molecular weight excluding hydrogens is 412 g/mol. The van der Waals surface area contributed by atoms with Gasteiger partial charge in [0.15, 0.2) is 9.84 Å². The fourth-order valence-electron chi connectivity index (χ4n) is 3.64. The Morgan fingerprint density at radius 1 is 1.03 bits per heavy atom. The number of amides is 1. The zero-order valence-corrected chi connectivity index (χ0v) is 18.9. The number of aliphatic hydroxyl groups excluding tert-OH is 1. The first kappa shape index (κ1) is 22.8. The Bertz CT molecular complexity index is 1180. The van der Waals surface area contributed by atoms with Gasteiger partial charge in [-0.3, -0.25) is 4.79 Å². The molecule has 0 saturated heterocycles. The highest BCUT2D eigenvalue weighted by Crippen LogP contribution is 2.31. The van der Waals surface area contributed by atoms with Crippen LogP contribution in [0.2, 0.25) is 0 Å². The number of sulfone groups is 1. The highest BCUT2D eigenvalue weighted by Gasteiger charge is 2.20. The number of benzene rings is 2. The Morgan fingerprint density at radius 2 is 1.71 bits per heavy atom. The van der Waals surface area contributed by atoms with E-state index in [-0.39, 0.29) is 17.4 Å². The van der Waals surface area contributed by atoms with E-state index in [2.05, 4.69) is 9.88 Å². The Balaban J connectivity index is 1.94. The molecule has 0 saturated carbocycles. The lowest BCUT2D eigenvalue weighted by molar-refractivity contribution is 0.102. The molecule has 0 aliphatic rings. The summed E-state index contributed by atoms with van der Waals surface area (Å²) >= 11 is 0. The molecule has 2 aromatic carbocycles. The van der Waals surface area contributed by atoms with E-state index in [1.165, 1.54) is 12.1 Å². The van der Waals surface area contributed by atoms with Crippen LogP contribution in [0.1, 0.15) is 34.3 Å². The van der Waals surface area contributed by atoms with E-state index in [9.17, 15) is 13.2 Å². The van der Waals surface area contributed by atoms with Gasteiger partial charge >= 0.3 is 0 Å². The third kappa shape index (κ3) is 5.24. The standard InChI is InChI=1S/C24H28N2O4S/c1-17-8-4-5-9-21(17)23-18(2)22(16-26(23)14-6-7-15-27)24(28)25-19-10-12-20(13-11-19)31(3,29)30/h4-5,8-13,16,27H,6-7,14-15H2,1-3H3,(H,25,28). The average Bonchev–Trinajstić information content (AvgIpc) is 3.04. The SMILES string of the molecule is Cc1ccccc1-c1c(C)c(C(=O)Nc2ccc(S(C)(=O)=O)cc2)cn1CCCCO. The van der Waals surface area contributed by atoms with Crippen molar-refractivity contribution in [2.24, 2.45) is 0 Å². The van der Waals surface area contributed by atoms with Crippen LogP contribution in [0.4, 0.5) is 5.69 Å². The predicted octanol–water partition coefficient (Wildman–Crippen LogP) is 4.20. The molecule has 1 heterocycles. The molecule has 2 N–H and O–H groups in total. The minimum absolute atomic E-state index is 0.136. The molecule has 0 atom stereocenters. The van der Waals surface area contributed by atoms with E-state index in [4.69, 9.17) is 5.11 Å². The molecule has 31 heavy (non-hydrogen) atoms. The van der Waals surface area contributed by atoms with E-state index in [1.807, 2.05) is 44.3 Å². The number of carbonyl (C=O) groups excluding carboxylic acids is 1. The fourth-order valence-corrected chi connectivity index (χ4v) is 4.27. The molecule has 3 rings (SSSR count). The van der Waals surface area contributed by atoms with Crippen LogP contribution in [0.15, 0.2) is 59.6 Å². The van der Waals surface area contributed by atoms with E-state index < -0.39 is 9.84 Å². The Hall–Kier alpha value is -2.90. The Labute approximate surface area is 183 Å².